The predicted molar refractivity (Wildman–Crippen MR) is 341 cm³/mol. The van der Waals surface area contributed by atoms with Crippen LogP contribution in [-0.4, -0.2) is 9.55 Å². The number of rotatable bonds is 8. The molecule has 0 saturated carbocycles. The van der Waals surface area contributed by atoms with Crippen LogP contribution in [-0.2, 0) is 10.8 Å². The van der Waals surface area contributed by atoms with Crippen molar-refractivity contribution < 1.29 is 0 Å². The van der Waals surface area contributed by atoms with Crippen molar-refractivity contribution in [1.29, 1.82) is 0 Å². The molecule has 17 rings (SSSR count). The maximum Gasteiger partial charge on any atom is 0.0713 e. The van der Waals surface area contributed by atoms with Crippen LogP contribution in [0.5, 0.6) is 0 Å². The largest absolute Gasteiger partial charge is 0.355 e. The summed E-state index contributed by atoms with van der Waals surface area (Å²) in [5.74, 6) is 0. The summed E-state index contributed by atoms with van der Waals surface area (Å²) < 4.78 is 2.47. The van der Waals surface area contributed by atoms with Gasteiger partial charge in [-0.1, -0.05) is 243 Å². The molecule has 15 aromatic rings. The molecule has 0 saturated heterocycles. The van der Waals surface area contributed by atoms with Gasteiger partial charge in [0.15, 0.2) is 0 Å². The van der Waals surface area contributed by atoms with Crippen molar-refractivity contribution >= 4 is 43.6 Å². The molecule has 13 aromatic carbocycles. The summed E-state index contributed by atoms with van der Waals surface area (Å²) in [5, 5.41) is 4.90. The first-order valence-electron chi connectivity index (χ1n) is 28.6. The van der Waals surface area contributed by atoms with Gasteiger partial charge < -0.3 is 9.55 Å². The molecule has 0 unspecified atom stereocenters. The third kappa shape index (κ3) is 6.64. The summed E-state index contributed by atoms with van der Waals surface area (Å²) >= 11 is 0. The second kappa shape index (κ2) is 18.0. The molecule has 2 aromatic heterocycles. The number of nitrogens with one attached hydrogen (secondary N) is 1. The van der Waals surface area contributed by atoms with Crippen molar-refractivity contribution in [2.75, 3.05) is 0 Å². The van der Waals surface area contributed by atoms with E-state index >= 15 is 0 Å². The van der Waals surface area contributed by atoms with E-state index in [2.05, 4.69) is 319 Å². The van der Waals surface area contributed by atoms with Gasteiger partial charge in [-0.05, 0) is 167 Å². The summed E-state index contributed by atoms with van der Waals surface area (Å²) in [6.07, 6.45) is 0. The Kier molecular flexibility index (Phi) is 10.2. The Morgan fingerprint density at radius 1 is 0.232 bits per heavy atom. The molecule has 1 N–H and O–H groups in total. The fourth-order valence-electron chi connectivity index (χ4n) is 14.7. The summed E-state index contributed by atoms with van der Waals surface area (Å²) in [5.41, 5.74) is 27.3. The molecule has 0 fully saturated rings. The summed E-state index contributed by atoms with van der Waals surface area (Å²) in [4.78, 5) is 3.61. The lowest BCUT2D eigenvalue weighted by molar-refractivity contribution is 0.769. The molecule has 0 spiro atoms. The van der Waals surface area contributed by atoms with E-state index in [0.29, 0.717) is 0 Å². The quantitative estimate of drug-likeness (QED) is 0.157. The van der Waals surface area contributed by atoms with Crippen molar-refractivity contribution in [3.8, 4) is 61.3 Å². The van der Waals surface area contributed by atoms with E-state index in [1.807, 2.05) is 0 Å². The van der Waals surface area contributed by atoms with Gasteiger partial charge in [0.2, 0.25) is 0 Å². The molecule has 2 heteroatoms. The van der Waals surface area contributed by atoms with Gasteiger partial charge in [-0.15, -0.1) is 0 Å². The van der Waals surface area contributed by atoms with Crippen LogP contribution in [0.25, 0.3) is 105 Å². The van der Waals surface area contributed by atoms with E-state index in [4.69, 9.17) is 0 Å². The fraction of sp³-hybridized carbons (Fsp3) is 0.0250. The third-order valence-electron chi connectivity index (χ3n) is 18.3. The standard InChI is InChI=1S/C80H52N2/c1-5-19-58(20-6-1)79(59-21-7-2-8-22-59)71-30-16-13-27-63(71)65-42-35-56(50-73(65)79)54-38-45-77-69(48-54)70-49-55(39-46-78(70)82(77)62-40-33-52(34-41-62)53-37-44-76-68(47-53)67-29-15-18-32-75(67)81-76)57-36-43-66-64-28-14-17-31-72(64)80(74(66)51-57,60-23-9-3-10-24-60)61-25-11-4-12-26-61/h1-51,81H. The molecule has 0 aliphatic heterocycles. The van der Waals surface area contributed by atoms with Gasteiger partial charge in [-0.2, -0.15) is 0 Å². The van der Waals surface area contributed by atoms with E-state index < -0.39 is 10.8 Å². The topological polar surface area (TPSA) is 20.7 Å². The van der Waals surface area contributed by atoms with Gasteiger partial charge in [-0.3, -0.25) is 0 Å². The minimum absolute atomic E-state index is 0.497. The molecular weight excluding hydrogens is 989 g/mol. The molecular formula is C80H52N2. The average molecular weight is 1040 g/mol. The Hall–Kier alpha value is -10.5. The molecule has 2 aliphatic rings. The van der Waals surface area contributed by atoms with Crippen molar-refractivity contribution in [2.24, 2.45) is 0 Å². The number of H-pyrrole nitrogens is 1. The first kappa shape index (κ1) is 46.4. The van der Waals surface area contributed by atoms with Crippen molar-refractivity contribution in [2.45, 2.75) is 10.8 Å². The van der Waals surface area contributed by atoms with Crippen LogP contribution in [0.15, 0.2) is 309 Å². The van der Waals surface area contributed by atoms with Crippen LogP contribution in [0.1, 0.15) is 44.5 Å². The van der Waals surface area contributed by atoms with Crippen LogP contribution in [0.3, 0.4) is 0 Å². The highest BCUT2D eigenvalue weighted by atomic mass is 15.0. The lowest BCUT2D eigenvalue weighted by Crippen LogP contribution is -2.28. The van der Waals surface area contributed by atoms with Crippen LogP contribution in [0, 0.1) is 0 Å². The van der Waals surface area contributed by atoms with E-state index in [9.17, 15) is 0 Å². The number of hydrogen-bond donors (Lipinski definition) is 1. The zero-order valence-electron chi connectivity index (χ0n) is 44.9. The number of nitrogens with zero attached hydrogens (tertiary/aromatic N) is 1. The number of para-hydroxylation sites is 1. The monoisotopic (exact) mass is 1040 g/mol. The van der Waals surface area contributed by atoms with E-state index in [0.717, 1.165) is 27.8 Å². The molecule has 2 nitrogen and oxygen atoms in total. The lowest BCUT2D eigenvalue weighted by atomic mass is 9.67. The van der Waals surface area contributed by atoms with Gasteiger partial charge in [0.05, 0.1) is 21.9 Å². The Labute approximate surface area is 476 Å². The van der Waals surface area contributed by atoms with Crippen molar-refractivity contribution in [1.82, 2.24) is 9.55 Å². The smallest absolute Gasteiger partial charge is 0.0713 e. The Balaban J connectivity index is 0.860. The van der Waals surface area contributed by atoms with Crippen LogP contribution in [0.2, 0.25) is 0 Å². The van der Waals surface area contributed by atoms with Gasteiger partial charge in [0.1, 0.15) is 0 Å². The van der Waals surface area contributed by atoms with Gasteiger partial charge in [0.25, 0.3) is 0 Å². The minimum Gasteiger partial charge on any atom is -0.355 e. The van der Waals surface area contributed by atoms with Crippen LogP contribution >= 0.6 is 0 Å². The van der Waals surface area contributed by atoms with Crippen LogP contribution < -0.4 is 0 Å². The lowest BCUT2D eigenvalue weighted by Gasteiger charge is -2.34. The van der Waals surface area contributed by atoms with Gasteiger partial charge in [0, 0.05) is 38.3 Å². The molecule has 0 bridgehead atoms. The van der Waals surface area contributed by atoms with Crippen molar-refractivity contribution in [3.05, 3.63) is 354 Å². The zero-order valence-corrected chi connectivity index (χ0v) is 44.9. The molecule has 0 radical (unpaired) electrons. The van der Waals surface area contributed by atoms with Gasteiger partial charge >= 0.3 is 0 Å². The summed E-state index contributed by atoms with van der Waals surface area (Å²) in [6, 6.07) is 116. The maximum atomic E-state index is 3.61. The number of hydrogen-bond acceptors (Lipinski definition) is 0. The zero-order chi connectivity index (χ0) is 53.9. The third-order valence-corrected chi connectivity index (χ3v) is 18.3. The number of aromatic nitrogens is 2. The Morgan fingerprint density at radius 3 is 1.09 bits per heavy atom. The van der Waals surface area contributed by atoms with E-state index in [1.54, 1.807) is 0 Å². The summed E-state index contributed by atoms with van der Waals surface area (Å²) in [7, 11) is 0. The first-order valence-corrected chi connectivity index (χ1v) is 28.6. The Bertz CT molecular complexity index is 4690. The average Bonchev–Trinajstić information content (AvgIpc) is 3.05. The minimum atomic E-state index is -0.497. The number of benzene rings is 13. The molecule has 2 heterocycles. The fourth-order valence-corrected chi connectivity index (χ4v) is 14.7. The van der Waals surface area contributed by atoms with Crippen LogP contribution in [0.4, 0.5) is 0 Å². The molecule has 0 atom stereocenters. The highest BCUT2D eigenvalue weighted by Crippen LogP contribution is 2.59. The molecule has 382 valence electrons. The maximum absolute atomic E-state index is 3.61. The number of aromatic amines is 1. The Morgan fingerprint density at radius 2 is 0.585 bits per heavy atom. The first-order chi connectivity index (χ1) is 40.6. The van der Waals surface area contributed by atoms with E-state index in [-0.39, 0.29) is 0 Å². The molecule has 0 amide bonds. The molecule has 82 heavy (non-hydrogen) atoms. The highest BCUT2D eigenvalue weighted by Gasteiger charge is 2.47. The predicted octanol–water partition coefficient (Wildman–Crippen LogP) is 20.1. The second-order valence-electron chi connectivity index (χ2n) is 22.4. The van der Waals surface area contributed by atoms with Crippen molar-refractivity contribution in [3.63, 3.8) is 0 Å². The van der Waals surface area contributed by atoms with E-state index in [1.165, 1.54) is 122 Å². The normalized spacial score (nSPS) is 13.6. The summed E-state index contributed by atoms with van der Waals surface area (Å²) in [6.45, 7) is 0. The highest BCUT2D eigenvalue weighted by molar-refractivity contribution is 6.12. The van der Waals surface area contributed by atoms with Gasteiger partial charge in [-0.25, -0.2) is 0 Å². The number of fused-ring (bicyclic) bond motifs is 12. The SMILES string of the molecule is c1ccc(C2(c3ccccc3)c3ccccc3-c3ccc(-c4ccc5c(c4)c4cc(-c6ccc7c(c6)C(c6ccccc6)(c6ccccc6)c6ccccc6-7)ccc4n5-c4ccc(-c5ccc6[nH]c7ccccc7c6c5)cc4)cc32)cc1. The molecule has 2 aliphatic carbocycles. The second-order valence-corrected chi connectivity index (χ2v) is 22.4.